The lowest BCUT2D eigenvalue weighted by Crippen LogP contribution is -2.51. The molecule has 1 aromatic heterocycles. The summed E-state index contributed by atoms with van der Waals surface area (Å²) in [7, 11) is 0. The molecular weight excluding hydrogens is 407 g/mol. The molecular formula is C22H28ClFN4O2. The summed E-state index contributed by atoms with van der Waals surface area (Å²) in [6.07, 6.45) is 0.313. The summed E-state index contributed by atoms with van der Waals surface area (Å²) >= 11 is 6.02. The number of amides is 2. The van der Waals surface area contributed by atoms with Crippen molar-refractivity contribution in [1.29, 1.82) is 0 Å². The summed E-state index contributed by atoms with van der Waals surface area (Å²) in [5.41, 5.74) is 3.19. The fraction of sp³-hybridized carbons (Fsp3) is 0.500. The van der Waals surface area contributed by atoms with E-state index in [0.717, 1.165) is 29.6 Å². The van der Waals surface area contributed by atoms with Crippen LogP contribution in [0.4, 0.5) is 4.39 Å². The number of hydrogen-bond acceptors (Lipinski definition) is 3. The third-order valence-electron chi connectivity index (χ3n) is 5.48. The van der Waals surface area contributed by atoms with Crippen molar-refractivity contribution in [3.05, 3.63) is 51.6 Å². The van der Waals surface area contributed by atoms with E-state index >= 15 is 0 Å². The third-order valence-corrected chi connectivity index (χ3v) is 5.79. The van der Waals surface area contributed by atoms with Gasteiger partial charge in [-0.15, -0.1) is 0 Å². The van der Waals surface area contributed by atoms with Crippen molar-refractivity contribution < 1.29 is 14.0 Å². The van der Waals surface area contributed by atoms with Gasteiger partial charge in [-0.3, -0.25) is 14.3 Å². The van der Waals surface area contributed by atoms with Gasteiger partial charge >= 0.3 is 0 Å². The number of aryl methyl sites for hydroxylation is 1. The van der Waals surface area contributed by atoms with Crippen LogP contribution in [0.2, 0.25) is 5.02 Å². The minimum atomic E-state index is -0.478. The molecule has 162 valence electrons. The van der Waals surface area contributed by atoms with Crippen molar-refractivity contribution in [3.63, 3.8) is 0 Å². The lowest BCUT2D eigenvalue weighted by Gasteiger charge is -2.35. The Morgan fingerprint density at radius 2 is 1.77 bits per heavy atom. The van der Waals surface area contributed by atoms with E-state index < -0.39 is 5.82 Å². The van der Waals surface area contributed by atoms with Crippen molar-refractivity contribution in [2.45, 2.75) is 40.7 Å². The van der Waals surface area contributed by atoms with Gasteiger partial charge in [0.1, 0.15) is 5.82 Å². The minimum Gasteiger partial charge on any atom is -0.339 e. The Hall–Kier alpha value is -2.41. The van der Waals surface area contributed by atoms with Gasteiger partial charge in [0.05, 0.1) is 22.7 Å². The Kier molecular flexibility index (Phi) is 6.81. The zero-order chi connectivity index (χ0) is 22.0. The van der Waals surface area contributed by atoms with E-state index in [1.165, 1.54) is 12.1 Å². The number of rotatable bonds is 5. The highest BCUT2D eigenvalue weighted by Gasteiger charge is 2.27. The van der Waals surface area contributed by atoms with Gasteiger partial charge < -0.3 is 9.80 Å². The third kappa shape index (κ3) is 4.83. The molecule has 0 aliphatic carbocycles. The van der Waals surface area contributed by atoms with Gasteiger partial charge in [0.2, 0.25) is 5.91 Å². The highest BCUT2D eigenvalue weighted by molar-refractivity contribution is 6.33. The number of halogens is 2. The molecule has 1 aromatic carbocycles. The molecule has 30 heavy (non-hydrogen) atoms. The van der Waals surface area contributed by atoms with Crippen LogP contribution >= 0.6 is 11.6 Å². The highest BCUT2D eigenvalue weighted by atomic mass is 35.5. The summed E-state index contributed by atoms with van der Waals surface area (Å²) in [5.74, 6) is -0.202. The van der Waals surface area contributed by atoms with Crippen molar-refractivity contribution in [2.75, 3.05) is 26.2 Å². The quantitative estimate of drug-likeness (QED) is 0.724. The Bertz CT molecular complexity index is 949. The number of carbonyl (C=O) groups is 2. The molecule has 0 unspecified atom stereocenters. The molecule has 1 saturated heterocycles. The SMILES string of the molecule is Cc1nn(CC(C)C)c(C)c1CC(=O)N1CCN(C(=O)c2ccc(F)cc2Cl)CC1. The van der Waals surface area contributed by atoms with Crippen LogP contribution in [0, 0.1) is 25.6 Å². The molecule has 0 saturated carbocycles. The summed E-state index contributed by atoms with van der Waals surface area (Å²) in [6, 6.07) is 3.76. The first-order valence-corrected chi connectivity index (χ1v) is 10.6. The maximum atomic E-state index is 13.2. The lowest BCUT2D eigenvalue weighted by atomic mass is 10.1. The Labute approximate surface area is 181 Å². The van der Waals surface area contributed by atoms with E-state index in [0.29, 0.717) is 38.5 Å². The molecule has 0 N–H and O–H groups in total. The highest BCUT2D eigenvalue weighted by Crippen LogP contribution is 2.21. The van der Waals surface area contributed by atoms with Gasteiger partial charge in [-0.2, -0.15) is 5.10 Å². The molecule has 0 spiro atoms. The summed E-state index contributed by atoms with van der Waals surface area (Å²) in [5, 5.41) is 4.69. The van der Waals surface area contributed by atoms with E-state index in [4.69, 9.17) is 11.6 Å². The standard InChI is InChI=1S/C22H28ClFN4O2/c1-14(2)13-28-16(4)19(15(3)25-28)12-21(29)26-7-9-27(10-8-26)22(30)18-6-5-17(24)11-20(18)23/h5-6,11,14H,7-10,12-13H2,1-4H3. The number of aromatic nitrogens is 2. The Morgan fingerprint density at radius 3 is 2.37 bits per heavy atom. The van der Waals surface area contributed by atoms with E-state index in [2.05, 4.69) is 18.9 Å². The normalized spacial score (nSPS) is 14.5. The van der Waals surface area contributed by atoms with E-state index in [-0.39, 0.29) is 22.4 Å². The number of nitrogens with zero attached hydrogens (tertiary/aromatic N) is 4. The number of piperazine rings is 1. The molecule has 0 bridgehead atoms. The molecule has 2 aromatic rings. The average molecular weight is 435 g/mol. The first-order valence-electron chi connectivity index (χ1n) is 10.2. The first kappa shape index (κ1) is 22.3. The summed E-state index contributed by atoms with van der Waals surface area (Å²) in [4.78, 5) is 29.0. The van der Waals surface area contributed by atoms with Crippen molar-refractivity contribution >= 4 is 23.4 Å². The predicted octanol–water partition coefficient (Wildman–Crippen LogP) is 3.48. The molecule has 1 aliphatic rings. The zero-order valence-corrected chi connectivity index (χ0v) is 18.7. The van der Waals surface area contributed by atoms with Crippen molar-refractivity contribution in [2.24, 2.45) is 5.92 Å². The fourth-order valence-electron chi connectivity index (χ4n) is 3.77. The fourth-order valence-corrected chi connectivity index (χ4v) is 4.02. The second-order valence-corrected chi connectivity index (χ2v) is 8.61. The predicted molar refractivity (Wildman–Crippen MR) is 114 cm³/mol. The van der Waals surface area contributed by atoms with Gasteiger partial charge in [0.25, 0.3) is 5.91 Å². The molecule has 6 nitrogen and oxygen atoms in total. The summed E-state index contributed by atoms with van der Waals surface area (Å²) in [6.45, 7) is 10.8. The first-order chi connectivity index (χ1) is 14.2. The maximum absolute atomic E-state index is 13.2. The van der Waals surface area contributed by atoms with Gasteiger partial charge in [-0.1, -0.05) is 25.4 Å². The van der Waals surface area contributed by atoms with E-state index in [9.17, 15) is 14.0 Å². The largest absolute Gasteiger partial charge is 0.339 e. The van der Waals surface area contributed by atoms with Gasteiger partial charge in [0.15, 0.2) is 0 Å². The number of hydrogen-bond donors (Lipinski definition) is 0. The van der Waals surface area contributed by atoms with Crippen LogP contribution in [0.3, 0.4) is 0 Å². The van der Waals surface area contributed by atoms with Crippen LogP contribution in [-0.2, 0) is 17.8 Å². The topological polar surface area (TPSA) is 58.4 Å². The van der Waals surface area contributed by atoms with Crippen LogP contribution in [0.15, 0.2) is 18.2 Å². The minimum absolute atomic E-state index is 0.0391. The monoisotopic (exact) mass is 434 g/mol. The smallest absolute Gasteiger partial charge is 0.255 e. The molecule has 1 aliphatic heterocycles. The average Bonchev–Trinajstić information content (AvgIpc) is 2.94. The molecule has 3 rings (SSSR count). The molecule has 0 radical (unpaired) electrons. The number of carbonyl (C=O) groups excluding carboxylic acids is 2. The molecule has 1 fully saturated rings. The van der Waals surface area contributed by atoms with Crippen molar-refractivity contribution in [3.8, 4) is 0 Å². The summed E-state index contributed by atoms with van der Waals surface area (Å²) < 4.78 is 15.2. The second-order valence-electron chi connectivity index (χ2n) is 8.20. The Morgan fingerprint density at radius 1 is 1.13 bits per heavy atom. The molecule has 2 heterocycles. The van der Waals surface area contributed by atoms with Crippen LogP contribution in [0.25, 0.3) is 0 Å². The van der Waals surface area contributed by atoms with Gasteiger partial charge in [-0.25, -0.2) is 4.39 Å². The van der Waals surface area contributed by atoms with Crippen LogP contribution in [-0.4, -0.2) is 57.6 Å². The Balaban J connectivity index is 1.61. The van der Waals surface area contributed by atoms with Crippen molar-refractivity contribution in [1.82, 2.24) is 19.6 Å². The van der Waals surface area contributed by atoms with E-state index in [1.807, 2.05) is 18.5 Å². The molecule has 0 atom stereocenters. The maximum Gasteiger partial charge on any atom is 0.255 e. The molecule has 2 amide bonds. The molecule has 8 heteroatoms. The number of benzene rings is 1. The lowest BCUT2D eigenvalue weighted by molar-refractivity contribution is -0.131. The van der Waals surface area contributed by atoms with Gasteiger partial charge in [0, 0.05) is 44.0 Å². The zero-order valence-electron chi connectivity index (χ0n) is 17.9. The van der Waals surface area contributed by atoms with Crippen LogP contribution < -0.4 is 0 Å². The van der Waals surface area contributed by atoms with Gasteiger partial charge in [-0.05, 0) is 38.0 Å². The van der Waals surface area contributed by atoms with Crippen LogP contribution in [0.1, 0.15) is 41.2 Å². The van der Waals surface area contributed by atoms with Crippen LogP contribution in [0.5, 0.6) is 0 Å². The van der Waals surface area contributed by atoms with E-state index in [1.54, 1.807) is 9.80 Å². The second kappa shape index (κ2) is 9.16.